The number of benzene rings is 2. The molecule has 0 unspecified atom stereocenters. The lowest BCUT2D eigenvalue weighted by atomic mass is 10.0. The Bertz CT molecular complexity index is 745. The quantitative estimate of drug-likeness (QED) is 0.744. The van der Waals surface area contributed by atoms with Crippen molar-refractivity contribution in [3.8, 4) is 5.75 Å². The molecule has 3 rings (SSSR count). The van der Waals surface area contributed by atoms with Gasteiger partial charge in [-0.05, 0) is 48.5 Å². The number of hydrogen-bond donors (Lipinski definition) is 2. The van der Waals surface area contributed by atoms with Gasteiger partial charge in [0, 0.05) is 25.3 Å². The molecule has 0 spiro atoms. The summed E-state index contributed by atoms with van der Waals surface area (Å²) in [7, 11) is 1.69. The Kier molecular flexibility index (Phi) is 7.04. The van der Waals surface area contributed by atoms with E-state index in [1.54, 1.807) is 7.11 Å². The molecule has 0 amide bonds. The van der Waals surface area contributed by atoms with Gasteiger partial charge in [-0.25, -0.2) is 0 Å². The van der Waals surface area contributed by atoms with E-state index in [1.165, 1.54) is 11.1 Å². The maximum atomic E-state index is 5.52. The average molecular weight is 386 g/mol. The molecule has 2 aromatic carbocycles. The third kappa shape index (κ3) is 5.42. The molecule has 0 radical (unpaired) electrons. The van der Waals surface area contributed by atoms with Crippen LogP contribution in [-0.2, 0) is 4.74 Å². The van der Waals surface area contributed by atoms with Crippen LogP contribution >= 0.6 is 12.2 Å². The number of morpholine rings is 1. The van der Waals surface area contributed by atoms with Crippen LogP contribution in [0, 0.1) is 6.92 Å². The van der Waals surface area contributed by atoms with Crippen LogP contribution in [0.25, 0.3) is 0 Å². The van der Waals surface area contributed by atoms with Gasteiger partial charge in [-0.15, -0.1) is 0 Å². The molecular weight excluding hydrogens is 358 g/mol. The number of nitrogens with zero attached hydrogens (tertiary/aromatic N) is 1. The zero-order valence-corrected chi connectivity index (χ0v) is 16.7. The Labute approximate surface area is 166 Å². The molecule has 6 heteroatoms. The van der Waals surface area contributed by atoms with Crippen LogP contribution in [0.15, 0.2) is 48.5 Å². The fourth-order valence-electron chi connectivity index (χ4n) is 3.24. The van der Waals surface area contributed by atoms with E-state index < -0.39 is 0 Å². The number of hydrogen-bond acceptors (Lipinski definition) is 4. The van der Waals surface area contributed by atoms with Crippen molar-refractivity contribution in [1.82, 2.24) is 10.2 Å². The number of aryl methyl sites for hydroxylation is 1. The second kappa shape index (κ2) is 9.69. The molecule has 0 aromatic heterocycles. The van der Waals surface area contributed by atoms with E-state index in [4.69, 9.17) is 21.7 Å². The fraction of sp³-hybridized carbons (Fsp3) is 0.381. The van der Waals surface area contributed by atoms with Crippen LogP contribution in [0.3, 0.4) is 0 Å². The Morgan fingerprint density at radius 3 is 2.52 bits per heavy atom. The van der Waals surface area contributed by atoms with Crippen molar-refractivity contribution in [2.45, 2.75) is 13.0 Å². The van der Waals surface area contributed by atoms with Crippen molar-refractivity contribution in [3.63, 3.8) is 0 Å². The Balaban J connectivity index is 1.67. The molecule has 144 valence electrons. The lowest BCUT2D eigenvalue weighted by molar-refractivity contribution is 0.0170. The van der Waals surface area contributed by atoms with Gasteiger partial charge in [-0.1, -0.05) is 30.3 Å². The van der Waals surface area contributed by atoms with Gasteiger partial charge < -0.3 is 20.1 Å². The molecule has 1 heterocycles. The minimum atomic E-state index is 0.219. The number of methoxy groups -OCH3 is 1. The zero-order valence-electron chi connectivity index (χ0n) is 15.9. The molecule has 0 aliphatic carbocycles. The summed E-state index contributed by atoms with van der Waals surface area (Å²) >= 11 is 5.52. The standard InChI is InChI=1S/C21H27N3O2S/c1-16-5-3-4-6-19(16)23-21(27)22-15-20(24-11-13-26-14-12-24)17-7-9-18(25-2)10-8-17/h3-10,20H,11-15H2,1-2H3,(H2,22,23,27)/t20-/m1/s1. The molecule has 1 aliphatic heterocycles. The third-order valence-electron chi connectivity index (χ3n) is 4.84. The molecule has 1 atom stereocenters. The van der Waals surface area contributed by atoms with Crippen molar-refractivity contribution in [1.29, 1.82) is 0 Å². The summed E-state index contributed by atoms with van der Waals surface area (Å²) in [4.78, 5) is 2.44. The van der Waals surface area contributed by atoms with Crippen LogP contribution in [0.1, 0.15) is 17.2 Å². The Morgan fingerprint density at radius 1 is 1.15 bits per heavy atom. The maximum Gasteiger partial charge on any atom is 0.170 e. The smallest absolute Gasteiger partial charge is 0.170 e. The van der Waals surface area contributed by atoms with Gasteiger partial charge in [0.25, 0.3) is 0 Å². The molecular formula is C21H27N3O2S. The summed E-state index contributed by atoms with van der Waals surface area (Å²) in [5, 5.41) is 7.32. The summed E-state index contributed by atoms with van der Waals surface area (Å²) in [6.07, 6.45) is 0. The highest BCUT2D eigenvalue weighted by Gasteiger charge is 2.23. The molecule has 5 nitrogen and oxygen atoms in total. The van der Waals surface area contributed by atoms with Crippen molar-refractivity contribution in [2.75, 3.05) is 45.3 Å². The molecule has 1 aliphatic rings. The number of anilines is 1. The van der Waals surface area contributed by atoms with E-state index in [-0.39, 0.29) is 6.04 Å². The van der Waals surface area contributed by atoms with E-state index in [9.17, 15) is 0 Å². The van der Waals surface area contributed by atoms with Crippen LogP contribution in [0.2, 0.25) is 0 Å². The van der Waals surface area contributed by atoms with E-state index in [0.717, 1.165) is 44.3 Å². The number of rotatable bonds is 6. The number of para-hydroxylation sites is 1. The van der Waals surface area contributed by atoms with Crippen molar-refractivity contribution in [2.24, 2.45) is 0 Å². The molecule has 1 saturated heterocycles. The van der Waals surface area contributed by atoms with E-state index in [0.29, 0.717) is 5.11 Å². The number of thiocarbonyl (C=S) groups is 1. The highest BCUT2D eigenvalue weighted by atomic mass is 32.1. The van der Waals surface area contributed by atoms with Gasteiger partial charge in [-0.2, -0.15) is 0 Å². The topological polar surface area (TPSA) is 45.8 Å². The van der Waals surface area contributed by atoms with E-state index in [2.05, 4.69) is 40.7 Å². The molecule has 0 bridgehead atoms. The molecule has 27 heavy (non-hydrogen) atoms. The van der Waals surface area contributed by atoms with Crippen molar-refractivity contribution in [3.05, 3.63) is 59.7 Å². The first-order chi connectivity index (χ1) is 13.2. The second-order valence-electron chi connectivity index (χ2n) is 6.59. The molecule has 2 N–H and O–H groups in total. The minimum Gasteiger partial charge on any atom is -0.497 e. The predicted molar refractivity (Wildman–Crippen MR) is 114 cm³/mol. The SMILES string of the molecule is COc1ccc([C@@H](CNC(=S)Nc2ccccc2C)N2CCOCC2)cc1. The summed E-state index contributed by atoms with van der Waals surface area (Å²) < 4.78 is 10.8. The number of nitrogens with one attached hydrogen (secondary N) is 2. The highest BCUT2D eigenvalue weighted by molar-refractivity contribution is 7.80. The minimum absolute atomic E-state index is 0.219. The first-order valence-electron chi connectivity index (χ1n) is 9.23. The van der Waals surface area contributed by atoms with Gasteiger partial charge in [0.1, 0.15) is 5.75 Å². The summed E-state index contributed by atoms with van der Waals surface area (Å²) in [5.74, 6) is 0.865. The monoisotopic (exact) mass is 385 g/mol. The van der Waals surface area contributed by atoms with Gasteiger partial charge in [-0.3, -0.25) is 4.90 Å². The normalized spacial score (nSPS) is 15.8. The largest absolute Gasteiger partial charge is 0.497 e. The highest BCUT2D eigenvalue weighted by Crippen LogP contribution is 2.24. The van der Waals surface area contributed by atoms with E-state index >= 15 is 0 Å². The van der Waals surface area contributed by atoms with Gasteiger partial charge in [0.05, 0.1) is 26.4 Å². The molecule has 1 fully saturated rings. The van der Waals surface area contributed by atoms with Crippen LogP contribution in [0.5, 0.6) is 5.75 Å². The van der Waals surface area contributed by atoms with Crippen molar-refractivity contribution < 1.29 is 9.47 Å². The zero-order chi connectivity index (χ0) is 19.1. The maximum absolute atomic E-state index is 5.52. The average Bonchev–Trinajstić information content (AvgIpc) is 2.71. The molecule has 2 aromatic rings. The van der Waals surface area contributed by atoms with Crippen LogP contribution < -0.4 is 15.4 Å². The van der Waals surface area contributed by atoms with Gasteiger partial charge >= 0.3 is 0 Å². The fourth-order valence-corrected chi connectivity index (χ4v) is 3.44. The van der Waals surface area contributed by atoms with E-state index in [1.807, 2.05) is 30.3 Å². The van der Waals surface area contributed by atoms with Crippen LogP contribution in [0.4, 0.5) is 5.69 Å². The Morgan fingerprint density at radius 2 is 1.85 bits per heavy atom. The Hall–Kier alpha value is -2.15. The molecule has 0 saturated carbocycles. The third-order valence-corrected chi connectivity index (χ3v) is 5.08. The van der Waals surface area contributed by atoms with Gasteiger partial charge in [0.2, 0.25) is 0 Å². The summed E-state index contributed by atoms with van der Waals surface area (Å²) in [6, 6.07) is 16.6. The van der Waals surface area contributed by atoms with Crippen molar-refractivity contribution >= 4 is 23.0 Å². The summed E-state index contributed by atoms with van der Waals surface area (Å²) in [5.41, 5.74) is 3.44. The number of ether oxygens (including phenoxy) is 2. The van der Waals surface area contributed by atoms with Crippen LogP contribution in [-0.4, -0.2) is 50.0 Å². The predicted octanol–water partition coefficient (Wildman–Crippen LogP) is 3.36. The lowest BCUT2D eigenvalue weighted by Gasteiger charge is -2.35. The second-order valence-corrected chi connectivity index (χ2v) is 7.00. The first kappa shape index (κ1) is 19.6. The summed E-state index contributed by atoms with van der Waals surface area (Å²) in [6.45, 7) is 6.15. The lowest BCUT2D eigenvalue weighted by Crippen LogP contribution is -2.44. The van der Waals surface area contributed by atoms with Gasteiger partial charge in [0.15, 0.2) is 5.11 Å². The first-order valence-corrected chi connectivity index (χ1v) is 9.64.